The fourth-order valence-electron chi connectivity index (χ4n) is 3.92. The zero-order chi connectivity index (χ0) is 16.7. The molecule has 1 aromatic heterocycles. The van der Waals surface area contributed by atoms with Crippen LogP contribution in [0.15, 0.2) is 24.3 Å². The van der Waals surface area contributed by atoms with Gasteiger partial charge < -0.3 is 5.11 Å². The van der Waals surface area contributed by atoms with Gasteiger partial charge in [0.05, 0.1) is 11.4 Å². The molecule has 1 atom stereocenters. The molecule has 1 N–H and O–H groups in total. The molecule has 0 amide bonds. The van der Waals surface area contributed by atoms with Gasteiger partial charge in [-0.1, -0.05) is 0 Å². The third kappa shape index (κ3) is 2.60. The Morgan fingerprint density at radius 2 is 2.04 bits per heavy atom. The molecule has 2 aromatic rings. The number of nitrogens with zero attached hydrogens (tertiary/aromatic N) is 3. The maximum atomic E-state index is 13.2. The third-order valence-electron chi connectivity index (χ3n) is 5.09. The Labute approximate surface area is 139 Å². The second-order valence-corrected chi connectivity index (χ2v) is 6.58. The summed E-state index contributed by atoms with van der Waals surface area (Å²) in [5.74, 6) is -1.01. The largest absolute Gasteiger partial charge is 0.480 e. The minimum Gasteiger partial charge on any atom is -0.480 e. The van der Waals surface area contributed by atoms with Crippen LogP contribution in [0.1, 0.15) is 36.2 Å². The van der Waals surface area contributed by atoms with Crippen LogP contribution < -0.4 is 0 Å². The molecule has 1 aromatic carbocycles. The lowest BCUT2D eigenvalue weighted by Crippen LogP contribution is -2.35. The summed E-state index contributed by atoms with van der Waals surface area (Å²) in [5, 5.41) is 14.1. The van der Waals surface area contributed by atoms with Gasteiger partial charge in [0.15, 0.2) is 0 Å². The molecule has 4 rings (SSSR count). The third-order valence-corrected chi connectivity index (χ3v) is 5.09. The van der Waals surface area contributed by atoms with Crippen LogP contribution in [0.4, 0.5) is 4.39 Å². The van der Waals surface area contributed by atoms with Gasteiger partial charge in [0.25, 0.3) is 0 Å². The van der Waals surface area contributed by atoms with Crippen molar-refractivity contribution in [2.24, 2.45) is 0 Å². The van der Waals surface area contributed by atoms with Crippen molar-refractivity contribution >= 4 is 5.97 Å². The van der Waals surface area contributed by atoms with Gasteiger partial charge in [0.2, 0.25) is 0 Å². The Hall–Kier alpha value is -2.21. The van der Waals surface area contributed by atoms with E-state index in [1.54, 1.807) is 12.1 Å². The molecule has 1 aliphatic heterocycles. The zero-order valence-electron chi connectivity index (χ0n) is 13.4. The molecule has 5 nitrogen and oxygen atoms in total. The van der Waals surface area contributed by atoms with Crippen molar-refractivity contribution in [3.05, 3.63) is 47.0 Å². The van der Waals surface area contributed by atoms with Crippen molar-refractivity contribution < 1.29 is 14.3 Å². The van der Waals surface area contributed by atoms with Crippen LogP contribution in [0.3, 0.4) is 0 Å². The lowest BCUT2D eigenvalue weighted by atomic mass is 10.1. The molecule has 1 fully saturated rings. The number of hydrogen-bond donors (Lipinski definition) is 1. The van der Waals surface area contributed by atoms with E-state index < -0.39 is 12.0 Å². The van der Waals surface area contributed by atoms with E-state index in [9.17, 15) is 14.3 Å². The Morgan fingerprint density at radius 3 is 2.79 bits per heavy atom. The quantitative estimate of drug-likeness (QED) is 0.936. The minimum atomic E-state index is -0.748. The molecule has 0 bridgehead atoms. The van der Waals surface area contributed by atoms with Gasteiger partial charge in [-0.25, -0.2) is 9.07 Å². The molecule has 2 heterocycles. The number of carbonyl (C=O) groups is 1. The average molecular weight is 329 g/mol. The standard InChI is InChI=1S/C18H20FN3O2/c19-12-6-8-13(9-7-12)22-16-4-1-3-14(16)15(20-22)11-21-10-2-5-17(21)18(23)24/h6-9,17H,1-5,10-11H2,(H,23,24)/t17-/m0/s1. The fraction of sp³-hybridized carbons (Fsp3) is 0.444. The summed E-state index contributed by atoms with van der Waals surface area (Å²) in [6.45, 7) is 1.38. The van der Waals surface area contributed by atoms with Gasteiger partial charge >= 0.3 is 5.97 Å². The van der Waals surface area contributed by atoms with Crippen molar-refractivity contribution in [3.8, 4) is 5.69 Å². The van der Waals surface area contributed by atoms with Crippen molar-refractivity contribution in [1.29, 1.82) is 0 Å². The van der Waals surface area contributed by atoms with Crippen LogP contribution in [0.5, 0.6) is 0 Å². The zero-order valence-corrected chi connectivity index (χ0v) is 13.4. The molecule has 0 unspecified atom stereocenters. The summed E-state index contributed by atoms with van der Waals surface area (Å²) < 4.78 is 15.1. The topological polar surface area (TPSA) is 58.4 Å². The summed E-state index contributed by atoms with van der Waals surface area (Å²) >= 11 is 0. The van der Waals surface area contributed by atoms with Crippen LogP contribution in [-0.2, 0) is 24.2 Å². The van der Waals surface area contributed by atoms with Gasteiger partial charge in [0.1, 0.15) is 11.9 Å². The first-order valence-electron chi connectivity index (χ1n) is 8.46. The van der Waals surface area contributed by atoms with Crippen LogP contribution in [-0.4, -0.2) is 38.3 Å². The predicted octanol–water partition coefficient (Wildman–Crippen LogP) is 2.55. The molecular weight excluding hydrogens is 309 g/mol. The molecule has 6 heteroatoms. The average Bonchev–Trinajstić information content (AvgIpc) is 3.26. The lowest BCUT2D eigenvalue weighted by Gasteiger charge is -2.20. The molecule has 0 spiro atoms. The molecule has 2 aliphatic rings. The Morgan fingerprint density at radius 1 is 1.25 bits per heavy atom. The number of aliphatic carboxylic acids is 1. The van der Waals surface area contributed by atoms with Crippen LogP contribution in [0.2, 0.25) is 0 Å². The van der Waals surface area contributed by atoms with E-state index in [1.165, 1.54) is 23.4 Å². The van der Waals surface area contributed by atoms with E-state index in [2.05, 4.69) is 0 Å². The first-order chi connectivity index (χ1) is 11.6. The number of fused-ring (bicyclic) bond motifs is 1. The highest BCUT2D eigenvalue weighted by atomic mass is 19.1. The minimum absolute atomic E-state index is 0.260. The molecule has 0 saturated carbocycles. The number of carboxylic acids is 1. The second kappa shape index (κ2) is 6.02. The predicted molar refractivity (Wildman–Crippen MR) is 86.6 cm³/mol. The fourth-order valence-corrected chi connectivity index (χ4v) is 3.92. The number of rotatable bonds is 4. The molecule has 126 valence electrons. The molecule has 1 aliphatic carbocycles. The van der Waals surface area contributed by atoms with E-state index in [-0.39, 0.29) is 5.82 Å². The van der Waals surface area contributed by atoms with Gasteiger partial charge in [-0.05, 0) is 68.5 Å². The number of likely N-dealkylation sites (tertiary alicyclic amines) is 1. The van der Waals surface area contributed by atoms with E-state index in [4.69, 9.17) is 5.10 Å². The number of hydrogen-bond acceptors (Lipinski definition) is 3. The number of benzene rings is 1. The van der Waals surface area contributed by atoms with Gasteiger partial charge in [0, 0.05) is 12.2 Å². The van der Waals surface area contributed by atoms with Gasteiger partial charge in [-0.3, -0.25) is 9.69 Å². The highest BCUT2D eigenvalue weighted by molar-refractivity contribution is 5.73. The Balaban J connectivity index is 1.66. The second-order valence-electron chi connectivity index (χ2n) is 6.58. The SMILES string of the molecule is O=C(O)[C@@H]1CCCN1Cc1nn(-c2ccc(F)cc2)c2c1CCC2. The van der Waals surface area contributed by atoms with Gasteiger partial charge in [-0.2, -0.15) is 5.10 Å². The summed E-state index contributed by atoms with van der Waals surface area (Å²) in [6, 6.07) is 5.96. The highest BCUT2D eigenvalue weighted by Crippen LogP contribution is 2.30. The summed E-state index contributed by atoms with van der Waals surface area (Å²) in [5.41, 5.74) is 4.26. The maximum absolute atomic E-state index is 13.2. The number of aromatic nitrogens is 2. The van der Waals surface area contributed by atoms with E-state index in [0.29, 0.717) is 13.0 Å². The van der Waals surface area contributed by atoms with E-state index in [1.807, 2.05) is 9.58 Å². The maximum Gasteiger partial charge on any atom is 0.320 e. The summed E-state index contributed by atoms with van der Waals surface area (Å²) in [4.78, 5) is 13.4. The van der Waals surface area contributed by atoms with Crippen molar-refractivity contribution in [2.75, 3.05) is 6.54 Å². The summed E-state index contributed by atoms with van der Waals surface area (Å²) in [6.07, 6.45) is 4.65. The number of carboxylic acid groups (broad SMARTS) is 1. The summed E-state index contributed by atoms with van der Waals surface area (Å²) in [7, 11) is 0. The number of halogens is 1. The monoisotopic (exact) mass is 329 g/mol. The van der Waals surface area contributed by atoms with Crippen LogP contribution in [0.25, 0.3) is 5.69 Å². The van der Waals surface area contributed by atoms with Crippen molar-refractivity contribution in [2.45, 2.75) is 44.7 Å². The first-order valence-corrected chi connectivity index (χ1v) is 8.46. The van der Waals surface area contributed by atoms with Crippen molar-refractivity contribution in [3.63, 3.8) is 0 Å². The first kappa shape index (κ1) is 15.3. The lowest BCUT2D eigenvalue weighted by molar-refractivity contribution is -0.142. The van der Waals surface area contributed by atoms with Crippen molar-refractivity contribution in [1.82, 2.24) is 14.7 Å². The van der Waals surface area contributed by atoms with E-state index in [0.717, 1.165) is 43.6 Å². The normalized spacial score (nSPS) is 20.5. The molecular formula is C18H20FN3O2. The van der Waals surface area contributed by atoms with E-state index >= 15 is 0 Å². The molecule has 0 radical (unpaired) electrons. The van der Waals surface area contributed by atoms with Gasteiger partial charge in [-0.15, -0.1) is 0 Å². The highest BCUT2D eigenvalue weighted by Gasteiger charge is 2.32. The molecule has 24 heavy (non-hydrogen) atoms. The van der Waals surface area contributed by atoms with Crippen LogP contribution >= 0.6 is 0 Å². The Bertz CT molecular complexity index is 769. The smallest absolute Gasteiger partial charge is 0.320 e. The van der Waals surface area contributed by atoms with Crippen LogP contribution in [0, 0.1) is 5.82 Å². The Kier molecular flexibility index (Phi) is 3.84. The molecule has 1 saturated heterocycles.